The lowest BCUT2D eigenvalue weighted by molar-refractivity contribution is -0.0870. The summed E-state index contributed by atoms with van der Waals surface area (Å²) in [7, 11) is 0. The average Bonchev–Trinajstić information content (AvgIpc) is 2.69. The van der Waals surface area contributed by atoms with E-state index in [0.717, 1.165) is 31.7 Å². The van der Waals surface area contributed by atoms with E-state index < -0.39 is 0 Å². The number of piperidine rings is 1. The number of hydrogen-bond acceptors (Lipinski definition) is 6. The minimum absolute atomic E-state index is 0.0474. The first kappa shape index (κ1) is 17.2. The van der Waals surface area contributed by atoms with E-state index in [2.05, 4.69) is 19.9 Å². The Balaban J connectivity index is 1.43. The SMILES string of the molecule is O=C(c1ccncc1Cl)N1CCC2(CC1)CN(c1cnccn1)CCO2. The number of amides is 1. The van der Waals surface area contributed by atoms with Crippen molar-refractivity contribution in [3.63, 3.8) is 0 Å². The van der Waals surface area contributed by atoms with E-state index in [4.69, 9.17) is 16.3 Å². The molecule has 2 aromatic heterocycles. The van der Waals surface area contributed by atoms with Gasteiger partial charge < -0.3 is 14.5 Å². The number of ether oxygens (including phenoxy) is 1. The molecule has 0 aromatic carbocycles. The van der Waals surface area contributed by atoms with Gasteiger partial charge in [0.25, 0.3) is 5.91 Å². The fraction of sp³-hybridized carbons (Fsp3) is 0.444. The van der Waals surface area contributed by atoms with Gasteiger partial charge in [0.1, 0.15) is 5.82 Å². The van der Waals surface area contributed by atoms with Crippen LogP contribution in [0.1, 0.15) is 23.2 Å². The van der Waals surface area contributed by atoms with Gasteiger partial charge in [0.2, 0.25) is 0 Å². The highest BCUT2D eigenvalue weighted by Gasteiger charge is 2.41. The second kappa shape index (κ2) is 7.17. The van der Waals surface area contributed by atoms with E-state index in [1.54, 1.807) is 30.9 Å². The van der Waals surface area contributed by atoms with Gasteiger partial charge >= 0.3 is 0 Å². The Bertz CT molecular complexity index is 780. The summed E-state index contributed by atoms with van der Waals surface area (Å²) in [6.07, 6.45) is 9.83. The number of morpholine rings is 1. The molecule has 4 heterocycles. The van der Waals surface area contributed by atoms with Crippen LogP contribution in [0.5, 0.6) is 0 Å². The molecule has 0 N–H and O–H groups in total. The maximum absolute atomic E-state index is 12.7. The van der Waals surface area contributed by atoms with Crippen LogP contribution in [0.25, 0.3) is 0 Å². The highest BCUT2D eigenvalue weighted by molar-refractivity contribution is 6.33. The molecule has 0 saturated carbocycles. The monoisotopic (exact) mass is 373 g/mol. The minimum Gasteiger partial charge on any atom is -0.371 e. The Hall–Kier alpha value is -2.25. The van der Waals surface area contributed by atoms with Gasteiger partial charge in [-0.1, -0.05) is 11.6 Å². The number of carbonyl (C=O) groups excluding carboxylic acids is 1. The number of likely N-dealkylation sites (tertiary alicyclic amines) is 1. The van der Waals surface area contributed by atoms with E-state index in [9.17, 15) is 4.79 Å². The number of aromatic nitrogens is 3. The van der Waals surface area contributed by atoms with Gasteiger partial charge in [-0.3, -0.25) is 14.8 Å². The maximum Gasteiger partial charge on any atom is 0.255 e. The van der Waals surface area contributed by atoms with Crippen molar-refractivity contribution >= 4 is 23.3 Å². The maximum atomic E-state index is 12.7. The quantitative estimate of drug-likeness (QED) is 0.802. The van der Waals surface area contributed by atoms with Crippen molar-refractivity contribution in [2.24, 2.45) is 0 Å². The van der Waals surface area contributed by atoms with E-state index in [1.165, 1.54) is 6.20 Å². The van der Waals surface area contributed by atoms with Crippen molar-refractivity contribution in [2.75, 3.05) is 37.7 Å². The molecule has 0 unspecified atom stereocenters. The number of anilines is 1. The molecule has 0 bridgehead atoms. The van der Waals surface area contributed by atoms with Gasteiger partial charge in [0.15, 0.2) is 0 Å². The minimum atomic E-state index is -0.241. The molecule has 2 aliphatic rings. The van der Waals surface area contributed by atoms with Crippen LogP contribution in [0.4, 0.5) is 5.82 Å². The smallest absolute Gasteiger partial charge is 0.255 e. The fourth-order valence-electron chi connectivity index (χ4n) is 3.63. The van der Waals surface area contributed by atoms with Crippen LogP contribution in [0, 0.1) is 0 Å². The van der Waals surface area contributed by atoms with E-state index in [0.29, 0.717) is 30.3 Å². The standard InChI is InChI=1S/C18H20ClN5O2/c19-15-11-20-4-1-14(15)17(25)23-7-2-18(3-8-23)13-24(9-10-26-18)16-12-21-5-6-22-16/h1,4-6,11-12H,2-3,7-10,13H2. The molecule has 8 heteroatoms. The van der Waals surface area contributed by atoms with Gasteiger partial charge in [-0.25, -0.2) is 4.98 Å². The van der Waals surface area contributed by atoms with Crippen molar-refractivity contribution < 1.29 is 9.53 Å². The Morgan fingerprint density at radius 2 is 1.92 bits per heavy atom. The molecule has 1 amide bonds. The summed E-state index contributed by atoms with van der Waals surface area (Å²) >= 11 is 6.11. The average molecular weight is 374 g/mol. The van der Waals surface area contributed by atoms with Gasteiger partial charge in [-0.15, -0.1) is 0 Å². The molecular weight excluding hydrogens is 354 g/mol. The summed E-state index contributed by atoms with van der Waals surface area (Å²) in [6, 6.07) is 1.67. The summed E-state index contributed by atoms with van der Waals surface area (Å²) in [5.74, 6) is 0.825. The third kappa shape index (κ3) is 3.37. The van der Waals surface area contributed by atoms with E-state index in [1.807, 2.05) is 4.90 Å². The number of pyridine rings is 1. The van der Waals surface area contributed by atoms with Crippen molar-refractivity contribution in [1.82, 2.24) is 19.9 Å². The van der Waals surface area contributed by atoms with Crippen LogP contribution >= 0.6 is 11.6 Å². The highest BCUT2D eigenvalue weighted by Crippen LogP contribution is 2.32. The number of halogens is 1. The Morgan fingerprint density at radius 3 is 2.65 bits per heavy atom. The van der Waals surface area contributed by atoms with Crippen molar-refractivity contribution in [3.8, 4) is 0 Å². The molecule has 0 atom stereocenters. The predicted octanol–water partition coefficient (Wildman–Crippen LogP) is 2.04. The zero-order valence-electron chi connectivity index (χ0n) is 14.3. The zero-order valence-corrected chi connectivity index (χ0v) is 15.1. The molecule has 7 nitrogen and oxygen atoms in total. The lowest BCUT2D eigenvalue weighted by Gasteiger charge is -2.47. The van der Waals surface area contributed by atoms with Gasteiger partial charge in [0.05, 0.1) is 29.0 Å². The number of rotatable bonds is 2. The Morgan fingerprint density at radius 1 is 1.12 bits per heavy atom. The Kier molecular flexibility index (Phi) is 4.74. The molecule has 136 valence electrons. The largest absolute Gasteiger partial charge is 0.371 e. The fourth-order valence-corrected chi connectivity index (χ4v) is 3.83. The van der Waals surface area contributed by atoms with Crippen LogP contribution in [0.2, 0.25) is 5.02 Å². The van der Waals surface area contributed by atoms with Crippen LogP contribution in [0.3, 0.4) is 0 Å². The van der Waals surface area contributed by atoms with Gasteiger partial charge in [-0.05, 0) is 18.9 Å². The molecule has 4 rings (SSSR count). The number of hydrogen-bond donors (Lipinski definition) is 0. The summed E-state index contributed by atoms with van der Waals surface area (Å²) < 4.78 is 6.15. The van der Waals surface area contributed by atoms with Crippen LogP contribution in [-0.4, -0.2) is 64.1 Å². The van der Waals surface area contributed by atoms with Crippen molar-refractivity contribution in [1.29, 1.82) is 0 Å². The van der Waals surface area contributed by atoms with Gasteiger partial charge in [-0.2, -0.15) is 0 Å². The Labute approximate surface area is 157 Å². The molecule has 1 spiro atoms. The molecule has 26 heavy (non-hydrogen) atoms. The topological polar surface area (TPSA) is 71.5 Å². The number of carbonyl (C=O) groups is 1. The van der Waals surface area contributed by atoms with Crippen LogP contribution in [0.15, 0.2) is 37.1 Å². The van der Waals surface area contributed by atoms with Crippen molar-refractivity contribution in [3.05, 3.63) is 47.6 Å². The molecule has 2 saturated heterocycles. The van der Waals surface area contributed by atoms with Gasteiger partial charge in [0, 0.05) is 51.0 Å². The summed E-state index contributed by atoms with van der Waals surface area (Å²) in [6.45, 7) is 3.51. The van der Waals surface area contributed by atoms with Crippen LogP contribution < -0.4 is 4.90 Å². The van der Waals surface area contributed by atoms with Crippen LogP contribution in [-0.2, 0) is 4.74 Å². The molecular formula is C18H20ClN5O2. The summed E-state index contributed by atoms with van der Waals surface area (Å²) in [5.41, 5.74) is 0.262. The number of nitrogens with zero attached hydrogens (tertiary/aromatic N) is 5. The van der Waals surface area contributed by atoms with Crippen molar-refractivity contribution in [2.45, 2.75) is 18.4 Å². The molecule has 0 radical (unpaired) electrons. The molecule has 2 aromatic rings. The first-order chi connectivity index (χ1) is 12.7. The molecule has 2 fully saturated rings. The first-order valence-electron chi connectivity index (χ1n) is 8.71. The highest BCUT2D eigenvalue weighted by atomic mass is 35.5. The molecule has 2 aliphatic heterocycles. The zero-order chi connectivity index (χ0) is 18.0. The summed E-state index contributed by atoms with van der Waals surface area (Å²) in [4.78, 5) is 29.3. The lowest BCUT2D eigenvalue weighted by atomic mass is 9.89. The lowest BCUT2D eigenvalue weighted by Crippen LogP contribution is -2.57. The van der Waals surface area contributed by atoms with E-state index in [-0.39, 0.29) is 11.5 Å². The predicted molar refractivity (Wildman–Crippen MR) is 97.3 cm³/mol. The second-order valence-corrected chi connectivity index (χ2v) is 7.07. The normalized spacial score (nSPS) is 19.6. The third-order valence-corrected chi connectivity index (χ3v) is 5.39. The first-order valence-corrected chi connectivity index (χ1v) is 9.08. The van der Waals surface area contributed by atoms with E-state index >= 15 is 0 Å². The second-order valence-electron chi connectivity index (χ2n) is 6.66. The third-order valence-electron chi connectivity index (χ3n) is 5.09. The molecule has 0 aliphatic carbocycles. The summed E-state index contributed by atoms with van der Waals surface area (Å²) in [5, 5.41) is 0.389.